The van der Waals surface area contributed by atoms with Gasteiger partial charge >= 0.3 is 0 Å². The lowest BCUT2D eigenvalue weighted by Gasteiger charge is -2.10. The molecule has 0 aliphatic carbocycles. The fraction of sp³-hybridized carbons (Fsp3) is 0.111. The van der Waals surface area contributed by atoms with Crippen LogP contribution in [0.1, 0.15) is 6.92 Å². The molecule has 3 nitrogen and oxygen atoms in total. The van der Waals surface area contributed by atoms with Gasteiger partial charge in [0.2, 0.25) is 5.88 Å². The Balaban J connectivity index is 2.16. The van der Waals surface area contributed by atoms with Crippen LogP contribution < -0.4 is 4.74 Å². The summed E-state index contributed by atoms with van der Waals surface area (Å²) in [4.78, 5) is 9.18. The van der Waals surface area contributed by atoms with E-state index in [1.165, 1.54) is 0 Å². The van der Waals surface area contributed by atoms with Gasteiger partial charge in [-0.2, -0.15) is 0 Å². The van der Waals surface area contributed by atoms with Crippen molar-refractivity contribution in [1.29, 1.82) is 0 Å². The van der Waals surface area contributed by atoms with Crippen molar-refractivity contribution in [2.45, 2.75) is 6.92 Å². The number of hydrogen-bond donors (Lipinski definition) is 0. The van der Waals surface area contributed by atoms with E-state index in [-0.39, 0.29) is 0 Å². The standard InChI is InChI=1S/C18H16N2O/c1-2-21-16-13-19-17(14-9-5-3-6-10-14)18(20-16)15-11-7-4-8-12-15/h3-13H,2H2,1H3. The van der Waals surface area contributed by atoms with Crippen molar-refractivity contribution in [2.75, 3.05) is 6.61 Å². The molecule has 3 heteroatoms. The summed E-state index contributed by atoms with van der Waals surface area (Å²) in [5.41, 5.74) is 3.79. The molecule has 2 aromatic carbocycles. The Kier molecular flexibility index (Phi) is 3.92. The summed E-state index contributed by atoms with van der Waals surface area (Å²) in [5.74, 6) is 0.552. The molecule has 0 atom stereocenters. The first-order chi connectivity index (χ1) is 10.4. The van der Waals surface area contributed by atoms with E-state index in [1.54, 1.807) is 6.20 Å². The van der Waals surface area contributed by atoms with Crippen molar-refractivity contribution < 1.29 is 4.74 Å². The summed E-state index contributed by atoms with van der Waals surface area (Å²) in [7, 11) is 0. The molecule has 0 aliphatic rings. The highest BCUT2D eigenvalue weighted by atomic mass is 16.5. The molecule has 0 spiro atoms. The van der Waals surface area contributed by atoms with Crippen molar-refractivity contribution >= 4 is 0 Å². The van der Waals surface area contributed by atoms with E-state index < -0.39 is 0 Å². The van der Waals surface area contributed by atoms with Crippen LogP contribution in [0.4, 0.5) is 0 Å². The van der Waals surface area contributed by atoms with Crippen molar-refractivity contribution in [3.05, 3.63) is 66.9 Å². The minimum absolute atomic E-state index is 0.552. The maximum atomic E-state index is 5.49. The molecule has 3 aromatic rings. The molecule has 104 valence electrons. The third-order valence-corrected chi connectivity index (χ3v) is 3.14. The normalized spacial score (nSPS) is 10.3. The van der Waals surface area contributed by atoms with Gasteiger partial charge in [0, 0.05) is 11.1 Å². The highest BCUT2D eigenvalue weighted by Crippen LogP contribution is 2.29. The molecule has 3 rings (SSSR count). The number of hydrogen-bond acceptors (Lipinski definition) is 3. The van der Waals surface area contributed by atoms with Crippen LogP contribution in [-0.4, -0.2) is 16.6 Å². The van der Waals surface area contributed by atoms with Crippen LogP contribution in [0, 0.1) is 0 Å². The van der Waals surface area contributed by atoms with E-state index in [0.29, 0.717) is 12.5 Å². The highest BCUT2D eigenvalue weighted by molar-refractivity contribution is 5.77. The molecular formula is C18H16N2O. The van der Waals surface area contributed by atoms with Crippen LogP contribution in [-0.2, 0) is 0 Å². The summed E-state index contributed by atoms with van der Waals surface area (Å²) in [6.45, 7) is 2.52. The second kappa shape index (κ2) is 6.18. The van der Waals surface area contributed by atoms with Crippen LogP contribution in [0.5, 0.6) is 5.88 Å². The average Bonchev–Trinajstić information content (AvgIpc) is 2.57. The predicted octanol–water partition coefficient (Wildman–Crippen LogP) is 4.21. The summed E-state index contributed by atoms with van der Waals surface area (Å²) in [5, 5.41) is 0. The fourth-order valence-electron chi connectivity index (χ4n) is 2.19. The zero-order valence-corrected chi connectivity index (χ0v) is 11.9. The van der Waals surface area contributed by atoms with E-state index in [2.05, 4.69) is 9.97 Å². The molecule has 0 unspecified atom stereocenters. The molecule has 21 heavy (non-hydrogen) atoms. The molecule has 0 saturated carbocycles. The number of benzene rings is 2. The van der Waals surface area contributed by atoms with Crippen LogP contribution in [0.3, 0.4) is 0 Å². The Labute approximate surface area is 124 Å². The van der Waals surface area contributed by atoms with Crippen molar-refractivity contribution in [3.63, 3.8) is 0 Å². The van der Waals surface area contributed by atoms with E-state index in [0.717, 1.165) is 22.5 Å². The highest BCUT2D eigenvalue weighted by Gasteiger charge is 2.12. The van der Waals surface area contributed by atoms with Gasteiger partial charge in [0.25, 0.3) is 0 Å². The minimum Gasteiger partial charge on any atom is -0.477 e. The molecule has 0 bridgehead atoms. The first-order valence-electron chi connectivity index (χ1n) is 6.99. The van der Waals surface area contributed by atoms with Crippen molar-refractivity contribution in [1.82, 2.24) is 9.97 Å². The number of aromatic nitrogens is 2. The summed E-state index contributed by atoms with van der Waals surface area (Å²) in [6.07, 6.45) is 1.68. The van der Waals surface area contributed by atoms with Crippen LogP contribution >= 0.6 is 0 Å². The van der Waals surface area contributed by atoms with Gasteiger partial charge < -0.3 is 4.74 Å². The summed E-state index contributed by atoms with van der Waals surface area (Å²) < 4.78 is 5.49. The Morgan fingerprint density at radius 1 is 0.810 bits per heavy atom. The maximum absolute atomic E-state index is 5.49. The van der Waals surface area contributed by atoms with Crippen LogP contribution in [0.25, 0.3) is 22.5 Å². The van der Waals surface area contributed by atoms with Gasteiger partial charge in [-0.15, -0.1) is 0 Å². The summed E-state index contributed by atoms with van der Waals surface area (Å²) >= 11 is 0. The molecule has 0 fully saturated rings. The van der Waals surface area contributed by atoms with Crippen LogP contribution in [0.2, 0.25) is 0 Å². The average molecular weight is 276 g/mol. The number of ether oxygens (including phenoxy) is 1. The van der Waals surface area contributed by atoms with E-state index in [9.17, 15) is 0 Å². The smallest absolute Gasteiger partial charge is 0.232 e. The van der Waals surface area contributed by atoms with E-state index in [1.807, 2.05) is 67.6 Å². The zero-order chi connectivity index (χ0) is 14.5. The zero-order valence-electron chi connectivity index (χ0n) is 11.9. The lowest BCUT2D eigenvalue weighted by Crippen LogP contribution is -1.99. The van der Waals surface area contributed by atoms with Gasteiger partial charge in [0.15, 0.2) is 0 Å². The maximum Gasteiger partial charge on any atom is 0.232 e. The second-order valence-electron chi connectivity index (χ2n) is 4.57. The predicted molar refractivity (Wildman–Crippen MR) is 84.1 cm³/mol. The lowest BCUT2D eigenvalue weighted by molar-refractivity contribution is 0.326. The number of nitrogens with zero attached hydrogens (tertiary/aromatic N) is 2. The van der Waals surface area contributed by atoms with Gasteiger partial charge in [-0.25, -0.2) is 9.97 Å². The Hall–Kier alpha value is -2.68. The monoisotopic (exact) mass is 276 g/mol. The summed E-state index contributed by atoms with van der Waals surface area (Å²) in [6, 6.07) is 20.1. The van der Waals surface area contributed by atoms with Gasteiger partial charge in [-0.1, -0.05) is 60.7 Å². The van der Waals surface area contributed by atoms with Gasteiger partial charge in [0.05, 0.1) is 18.5 Å². The third-order valence-electron chi connectivity index (χ3n) is 3.14. The first-order valence-corrected chi connectivity index (χ1v) is 6.99. The SMILES string of the molecule is CCOc1cnc(-c2ccccc2)c(-c2ccccc2)n1. The number of rotatable bonds is 4. The molecule has 0 aliphatic heterocycles. The first kappa shape index (κ1) is 13.3. The van der Waals surface area contributed by atoms with Gasteiger partial charge in [-0.05, 0) is 6.92 Å². The van der Waals surface area contributed by atoms with Crippen molar-refractivity contribution in [2.24, 2.45) is 0 Å². The molecule has 0 N–H and O–H groups in total. The van der Waals surface area contributed by atoms with Gasteiger partial charge in [0.1, 0.15) is 5.69 Å². The molecule has 1 aromatic heterocycles. The molecule has 0 amide bonds. The van der Waals surface area contributed by atoms with Crippen LogP contribution in [0.15, 0.2) is 66.9 Å². The van der Waals surface area contributed by atoms with E-state index >= 15 is 0 Å². The Morgan fingerprint density at radius 2 is 1.38 bits per heavy atom. The molecule has 1 heterocycles. The lowest BCUT2D eigenvalue weighted by atomic mass is 10.0. The quantitative estimate of drug-likeness (QED) is 0.716. The van der Waals surface area contributed by atoms with Gasteiger partial charge in [-0.3, -0.25) is 0 Å². The molecular weight excluding hydrogens is 260 g/mol. The minimum atomic E-state index is 0.552. The third kappa shape index (κ3) is 2.92. The molecule has 0 saturated heterocycles. The molecule has 0 radical (unpaired) electrons. The second-order valence-corrected chi connectivity index (χ2v) is 4.57. The van der Waals surface area contributed by atoms with Crippen molar-refractivity contribution in [3.8, 4) is 28.4 Å². The Bertz CT molecular complexity index is 712. The fourth-order valence-corrected chi connectivity index (χ4v) is 2.19. The Morgan fingerprint density at radius 3 is 1.95 bits per heavy atom. The largest absolute Gasteiger partial charge is 0.477 e. The van der Waals surface area contributed by atoms with E-state index in [4.69, 9.17) is 4.74 Å². The topological polar surface area (TPSA) is 35.0 Å².